The Morgan fingerprint density at radius 2 is 2.03 bits per heavy atom. The summed E-state index contributed by atoms with van der Waals surface area (Å²) in [6, 6.07) is 3.31. The van der Waals surface area contributed by atoms with E-state index < -0.39 is 39.2 Å². The minimum Gasteiger partial charge on any atom is -0.354 e. The van der Waals surface area contributed by atoms with Gasteiger partial charge in [0.05, 0.1) is 22.5 Å². The molecular weight excluding hydrogens is 455 g/mol. The van der Waals surface area contributed by atoms with Gasteiger partial charge in [-0.15, -0.1) is 0 Å². The van der Waals surface area contributed by atoms with Crippen molar-refractivity contribution >= 4 is 33.2 Å². The average molecular weight is 484 g/mol. The highest BCUT2D eigenvalue weighted by molar-refractivity contribution is 7.92. The number of carbonyl (C=O) groups excluding carboxylic acids is 1. The molecule has 1 N–H and O–H groups in total. The number of amides is 1. The maximum Gasteiger partial charge on any atom is 0.417 e. The number of alkyl halides is 3. The zero-order chi connectivity index (χ0) is 23.2. The van der Waals surface area contributed by atoms with Gasteiger partial charge < -0.3 is 10.2 Å². The first-order chi connectivity index (χ1) is 14.4. The van der Waals surface area contributed by atoms with Crippen LogP contribution >= 0.6 is 11.6 Å². The first kappa shape index (κ1) is 25.7. The molecule has 176 valence electrons. The van der Waals surface area contributed by atoms with Crippen molar-refractivity contribution < 1.29 is 26.4 Å². The lowest BCUT2D eigenvalue weighted by Gasteiger charge is -2.35. The maximum atomic E-state index is 13.1. The number of likely N-dealkylation sites (tertiary alicyclic amines) is 1. The fourth-order valence-electron chi connectivity index (χ4n) is 3.80. The van der Waals surface area contributed by atoms with E-state index in [-0.39, 0.29) is 5.69 Å². The molecule has 31 heavy (non-hydrogen) atoms. The van der Waals surface area contributed by atoms with Crippen LogP contribution in [-0.4, -0.2) is 57.7 Å². The molecule has 0 radical (unpaired) electrons. The van der Waals surface area contributed by atoms with Crippen molar-refractivity contribution in [2.45, 2.75) is 51.2 Å². The van der Waals surface area contributed by atoms with E-state index in [1.54, 1.807) is 0 Å². The number of anilines is 1. The van der Waals surface area contributed by atoms with Crippen molar-refractivity contribution in [1.29, 1.82) is 0 Å². The Morgan fingerprint density at radius 3 is 2.65 bits per heavy atom. The summed E-state index contributed by atoms with van der Waals surface area (Å²) in [6.07, 6.45) is 1.44. The minimum absolute atomic E-state index is 0.270. The Morgan fingerprint density at radius 1 is 1.32 bits per heavy atom. The number of hydrogen-bond acceptors (Lipinski definition) is 4. The molecule has 1 fully saturated rings. The van der Waals surface area contributed by atoms with Crippen LogP contribution in [0.2, 0.25) is 5.02 Å². The molecule has 0 saturated carbocycles. The molecule has 2 rings (SSSR count). The second-order valence-corrected chi connectivity index (χ2v) is 10.0. The largest absolute Gasteiger partial charge is 0.417 e. The smallest absolute Gasteiger partial charge is 0.354 e. The number of piperidine rings is 1. The fraction of sp³-hybridized carbons (Fsp3) is 0.650. The molecule has 1 aliphatic heterocycles. The van der Waals surface area contributed by atoms with Gasteiger partial charge in [-0.25, -0.2) is 8.42 Å². The molecule has 6 nitrogen and oxygen atoms in total. The zero-order valence-corrected chi connectivity index (χ0v) is 19.3. The molecule has 1 aliphatic rings. The van der Waals surface area contributed by atoms with Gasteiger partial charge in [0.15, 0.2) is 0 Å². The van der Waals surface area contributed by atoms with Crippen LogP contribution in [0.5, 0.6) is 0 Å². The Labute approximate surface area is 186 Å². The molecular formula is C20H29ClF3N3O3S. The van der Waals surface area contributed by atoms with E-state index in [0.29, 0.717) is 29.4 Å². The van der Waals surface area contributed by atoms with E-state index in [0.717, 1.165) is 44.3 Å². The number of carbonyl (C=O) groups is 1. The third-order valence-corrected chi connectivity index (χ3v) is 6.87. The summed E-state index contributed by atoms with van der Waals surface area (Å²) in [6.45, 7) is 3.77. The number of sulfonamides is 1. The molecule has 1 aromatic carbocycles. The van der Waals surface area contributed by atoms with Crippen LogP contribution in [0.1, 0.15) is 44.6 Å². The SMILES string of the molecule is CCC1CCCCN1CCCNC(=O)CN(c1ccc(Cl)c(C(F)(F)F)c1)S(C)(=O)=O. The summed E-state index contributed by atoms with van der Waals surface area (Å²) in [7, 11) is -3.99. The standard InChI is InChI=1S/C20H29ClF3N3O3S/c1-3-15-7-4-5-11-26(15)12-6-10-25-19(28)14-27(31(2,29)30)16-8-9-18(21)17(13-16)20(22,23)24/h8-9,13,15H,3-7,10-12,14H2,1-2H3,(H,25,28). The highest BCUT2D eigenvalue weighted by atomic mass is 35.5. The van der Waals surface area contributed by atoms with Gasteiger partial charge in [-0.3, -0.25) is 9.10 Å². The van der Waals surface area contributed by atoms with Crippen LogP contribution in [0.25, 0.3) is 0 Å². The highest BCUT2D eigenvalue weighted by Crippen LogP contribution is 2.37. The molecule has 0 bridgehead atoms. The first-order valence-corrected chi connectivity index (χ1v) is 12.5. The van der Waals surface area contributed by atoms with Crippen molar-refractivity contribution in [3.05, 3.63) is 28.8 Å². The van der Waals surface area contributed by atoms with Crippen molar-refractivity contribution in [3.8, 4) is 0 Å². The van der Waals surface area contributed by atoms with E-state index >= 15 is 0 Å². The molecule has 1 aromatic rings. The predicted octanol–water partition coefficient (Wildman–Crippen LogP) is 3.90. The molecule has 1 heterocycles. The summed E-state index contributed by atoms with van der Waals surface area (Å²) in [5, 5.41) is 2.12. The van der Waals surface area contributed by atoms with E-state index in [9.17, 15) is 26.4 Å². The van der Waals surface area contributed by atoms with Gasteiger partial charge in [-0.2, -0.15) is 13.2 Å². The Kier molecular flexibility index (Phi) is 9.03. The molecule has 0 aliphatic carbocycles. The van der Waals surface area contributed by atoms with Crippen LogP contribution in [-0.2, 0) is 21.0 Å². The van der Waals surface area contributed by atoms with Gasteiger partial charge in [0.25, 0.3) is 0 Å². The monoisotopic (exact) mass is 483 g/mol. The molecule has 1 saturated heterocycles. The zero-order valence-electron chi connectivity index (χ0n) is 17.7. The first-order valence-electron chi connectivity index (χ1n) is 10.3. The van der Waals surface area contributed by atoms with Crippen LogP contribution in [0.15, 0.2) is 18.2 Å². The number of nitrogens with zero attached hydrogens (tertiary/aromatic N) is 2. The third-order valence-electron chi connectivity index (χ3n) is 5.40. The molecule has 0 spiro atoms. The molecule has 0 aromatic heterocycles. The van der Waals surface area contributed by atoms with Gasteiger partial charge in [0.2, 0.25) is 15.9 Å². The van der Waals surface area contributed by atoms with Gasteiger partial charge in [-0.1, -0.05) is 24.9 Å². The van der Waals surface area contributed by atoms with E-state index in [1.807, 2.05) is 0 Å². The number of hydrogen-bond donors (Lipinski definition) is 1. The van der Waals surface area contributed by atoms with Crippen molar-refractivity contribution in [3.63, 3.8) is 0 Å². The Balaban J connectivity index is 1.98. The summed E-state index contributed by atoms with van der Waals surface area (Å²) in [4.78, 5) is 14.7. The van der Waals surface area contributed by atoms with Crippen LogP contribution in [0.4, 0.5) is 18.9 Å². The van der Waals surface area contributed by atoms with Gasteiger partial charge >= 0.3 is 6.18 Å². The highest BCUT2D eigenvalue weighted by Gasteiger charge is 2.34. The van der Waals surface area contributed by atoms with E-state index in [2.05, 4.69) is 17.1 Å². The predicted molar refractivity (Wildman–Crippen MR) is 116 cm³/mol. The number of nitrogens with one attached hydrogen (secondary N) is 1. The second-order valence-electron chi connectivity index (χ2n) is 7.73. The summed E-state index contributed by atoms with van der Waals surface area (Å²) in [5.41, 5.74) is -1.43. The number of halogens is 4. The van der Waals surface area contributed by atoms with Gasteiger partial charge in [0.1, 0.15) is 6.54 Å². The van der Waals surface area contributed by atoms with E-state index in [1.165, 1.54) is 12.8 Å². The minimum atomic E-state index is -4.75. The quantitative estimate of drug-likeness (QED) is 0.541. The van der Waals surface area contributed by atoms with Crippen LogP contribution in [0, 0.1) is 0 Å². The topological polar surface area (TPSA) is 69.7 Å². The summed E-state index contributed by atoms with van der Waals surface area (Å²) in [5.74, 6) is -0.584. The van der Waals surface area contributed by atoms with Crippen LogP contribution in [0.3, 0.4) is 0 Å². The van der Waals surface area contributed by atoms with Crippen molar-refractivity contribution in [2.24, 2.45) is 0 Å². The van der Waals surface area contributed by atoms with Crippen molar-refractivity contribution in [1.82, 2.24) is 10.2 Å². The number of benzene rings is 1. The van der Waals surface area contributed by atoms with Gasteiger partial charge in [0, 0.05) is 19.1 Å². The molecule has 1 amide bonds. The molecule has 11 heteroatoms. The maximum absolute atomic E-state index is 13.1. The lowest BCUT2D eigenvalue weighted by atomic mass is 10.00. The average Bonchev–Trinajstić information content (AvgIpc) is 2.68. The fourth-order valence-corrected chi connectivity index (χ4v) is 4.87. The molecule has 1 atom stereocenters. The lowest BCUT2D eigenvalue weighted by Crippen LogP contribution is -2.42. The second kappa shape index (κ2) is 10.9. The Hall–Kier alpha value is -1.52. The normalized spacial score (nSPS) is 18.1. The number of rotatable bonds is 9. The summed E-state index contributed by atoms with van der Waals surface area (Å²) < 4.78 is 64.3. The summed E-state index contributed by atoms with van der Waals surface area (Å²) >= 11 is 5.60. The van der Waals surface area contributed by atoms with Gasteiger partial charge in [-0.05, 0) is 50.4 Å². The third kappa shape index (κ3) is 7.54. The lowest BCUT2D eigenvalue weighted by molar-refractivity contribution is -0.137. The molecule has 1 unspecified atom stereocenters. The van der Waals surface area contributed by atoms with E-state index in [4.69, 9.17) is 11.6 Å². The Bertz CT molecular complexity index is 865. The van der Waals surface area contributed by atoms with Crippen LogP contribution < -0.4 is 9.62 Å². The van der Waals surface area contributed by atoms with Crippen molar-refractivity contribution in [2.75, 3.05) is 36.7 Å².